The summed E-state index contributed by atoms with van der Waals surface area (Å²) in [6, 6.07) is 7.08. The van der Waals surface area contributed by atoms with Crippen molar-refractivity contribution in [2.45, 2.75) is 51.0 Å². The first kappa shape index (κ1) is 14.3. The highest BCUT2D eigenvalue weighted by atomic mass is 19.1. The van der Waals surface area contributed by atoms with Crippen LogP contribution in [0.3, 0.4) is 0 Å². The SMILES string of the molecule is CCNC(=NCc1ccccc1F)NC1CC2CCC1O2. The van der Waals surface area contributed by atoms with Gasteiger partial charge in [0.2, 0.25) is 0 Å². The number of halogens is 1. The van der Waals surface area contributed by atoms with Crippen LogP contribution in [0, 0.1) is 5.82 Å². The second-order valence-corrected chi connectivity index (χ2v) is 5.65. The molecule has 0 aromatic heterocycles. The topological polar surface area (TPSA) is 45.7 Å². The molecule has 3 unspecified atom stereocenters. The minimum absolute atomic E-state index is 0.208. The van der Waals surface area contributed by atoms with Crippen molar-refractivity contribution in [3.63, 3.8) is 0 Å². The summed E-state index contributed by atoms with van der Waals surface area (Å²) in [6.07, 6.45) is 4.03. The molecule has 4 nitrogen and oxygen atoms in total. The summed E-state index contributed by atoms with van der Waals surface area (Å²) >= 11 is 0. The highest BCUT2D eigenvalue weighted by Gasteiger charge is 2.41. The Hall–Kier alpha value is -1.62. The van der Waals surface area contributed by atoms with Gasteiger partial charge in [-0.15, -0.1) is 0 Å². The number of fused-ring (bicyclic) bond motifs is 2. The van der Waals surface area contributed by atoms with Crippen LogP contribution in [0.5, 0.6) is 0 Å². The van der Waals surface area contributed by atoms with Gasteiger partial charge in [-0.25, -0.2) is 9.38 Å². The van der Waals surface area contributed by atoms with E-state index in [2.05, 4.69) is 15.6 Å². The normalized spacial score (nSPS) is 27.9. The van der Waals surface area contributed by atoms with Crippen molar-refractivity contribution in [2.75, 3.05) is 6.54 Å². The fourth-order valence-electron chi connectivity index (χ4n) is 3.08. The Labute approximate surface area is 124 Å². The number of aliphatic imine (C=N–C) groups is 1. The largest absolute Gasteiger partial charge is 0.373 e. The number of benzene rings is 1. The van der Waals surface area contributed by atoms with E-state index < -0.39 is 0 Å². The lowest BCUT2D eigenvalue weighted by Crippen LogP contribution is -2.47. The van der Waals surface area contributed by atoms with Crippen LogP contribution < -0.4 is 10.6 Å². The van der Waals surface area contributed by atoms with Gasteiger partial charge < -0.3 is 15.4 Å². The summed E-state index contributed by atoms with van der Waals surface area (Å²) in [6.45, 7) is 3.14. The Kier molecular flexibility index (Phi) is 4.39. The molecule has 1 aromatic rings. The smallest absolute Gasteiger partial charge is 0.191 e. The molecule has 2 bridgehead atoms. The van der Waals surface area contributed by atoms with E-state index in [0.29, 0.717) is 30.4 Å². The van der Waals surface area contributed by atoms with Crippen LogP contribution in [0.2, 0.25) is 0 Å². The van der Waals surface area contributed by atoms with E-state index in [9.17, 15) is 4.39 Å². The molecule has 3 rings (SSSR count). The van der Waals surface area contributed by atoms with E-state index in [4.69, 9.17) is 4.74 Å². The highest BCUT2D eigenvalue weighted by Crippen LogP contribution is 2.34. The number of hydrogen-bond acceptors (Lipinski definition) is 2. The zero-order chi connectivity index (χ0) is 14.7. The number of ether oxygens (including phenoxy) is 1. The van der Waals surface area contributed by atoms with Crippen LogP contribution in [0.4, 0.5) is 4.39 Å². The molecule has 3 atom stereocenters. The molecule has 2 aliphatic rings. The van der Waals surface area contributed by atoms with E-state index in [1.807, 2.05) is 13.0 Å². The van der Waals surface area contributed by atoms with Gasteiger partial charge in [-0.05, 0) is 32.3 Å². The highest BCUT2D eigenvalue weighted by molar-refractivity contribution is 5.80. The fraction of sp³-hybridized carbons (Fsp3) is 0.562. The first-order valence-electron chi connectivity index (χ1n) is 7.70. The third-order valence-corrected chi connectivity index (χ3v) is 4.14. The van der Waals surface area contributed by atoms with Crippen LogP contribution >= 0.6 is 0 Å². The lowest BCUT2D eigenvalue weighted by molar-refractivity contribution is 0.0992. The van der Waals surface area contributed by atoms with Gasteiger partial charge in [0, 0.05) is 12.1 Å². The number of rotatable bonds is 4. The van der Waals surface area contributed by atoms with Gasteiger partial charge in [0.05, 0.1) is 24.8 Å². The van der Waals surface area contributed by atoms with Crippen molar-refractivity contribution in [1.82, 2.24) is 10.6 Å². The molecule has 21 heavy (non-hydrogen) atoms. The van der Waals surface area contributed by atoms with Crippen molar-refractivity contribution in [2.24, 2.45) is 4.99 Å². The summed E-state index contributed by atoms with van der Waals surface area (Å²) in [5, 5.41) is 6.65. The van der Waals surface area contributed by atoms with Gasteiger partial charge in [-0.3, -0.25) is 0 Å². The molecule has 0 radical (unpaired) electrons. The van der Waals surface area contributed by atoms with E-state index >= 15 is 0 Å². The maximum Gasteiger partial charge on any atom is 0.191 e. The van der Waals surface area contributed by atoms with E-state index in [0.717, 1.165) is 25.3 Å². The van der Waals surface area contributed by atoms with Crippen molar-refractivity contribution < 1.29 is 9.13 Å². The van der Waals surface area contributed by atoms with Crippen LogP contribution in [0.1, 0.15) is 31.7 Å². The lowest BCUT2D eigenvalue weighted by atomic mass is 9.96. The average molecular weight is 291 g/mol. The quantitative estimate of drug-likeness (QED) is 0.660. The molecular formula is C16H22FN3O. The second kappa shape index (κ2) is 6.43. The predicted molar refractivity (Wildman–Crippen MR) is 80.7 cm³/mol. The third kappa shape index (κ3) is 3.35. The van der Waals surface area contributed by atoms with Gasteiger partial charge in [-0.1, -0.05) is 18.2 Å². The predicted octanol–water partition coefficient (Wildman–Crippen LogP) is 2.20. The fourth-order valence-corrected chi connectivity index (χ4v) is 3.08. The second-order valence-electron chi connectivity index (χ2n) is 5.65. The molecule has 2 aliphatic heterocycles. The molecule has 2 heterocycles. The van der Waals surface area contributed by atoms with Gasteiger partial charge in [0.1, 0.15) is 5.82 Å². The Morgan fingerprint density at radius 3 is 2.90 bits per heavy atom. The molecule has 1 aromatic carbocycles. The van der Waals surface area contributed by atoms with E-state index in [1.165, 1.54) is 12.5 Å². The van der Waals surface area contributed by atoms with Gasteiger partial charge in [-0.2, -0.15) is 0 Å². The minimum Gasteiger partial charge on any atom is -0.373 e. The van der Waals surface area contributed by atoms with Gasteiger partial charge in [0.25, 0.3) is 0 Å². The Morgan fingerprint density at radius 2 is 2.24 bits per heavy atom. The molecule has 0 spiro atoms. The zero-order valence-corrected chi connectivity index (χ0v) is 12.3. The van der Waals surface area contributed by atoms with Crippen molar-refractivity contribution in [3.05, 3.63) is 35.6 Å². The number of nitrogens with one attached hydrogen (secondary N) is 2. The molecule has 0 aliphatic carbocycles. The molecule has 114 valence electrons. The Morgan fingerprint density at radius 1 is 1.38 bits per heavy atom. The molecule has 0 amide bonds. The van der Waals surface area contributed by atoms with Gasteiger partial charge >= 0.3 is 0 Å². The number of hydrogen-bond donors (Lipinski definition) is 2. The Bertz CT molecular complexity index is 520. The van der Waals surface area contributed by atoms with E-state index in [1.54, 1.807) is 12.1 Å². The summed E-state index contributed by atoms with van der Waals surface area (Å²) in [7, 11) is 0. The molecule has 5 heteroatoms. The summed E-state index contributed by atoms with van der Waals surface area (Å²) in [5.74, 6) is 0.530. The van der Waals surface area contributed by atoms with Gasteiger partial charge in [0.15, 0.2) is 5.96 Å². The maximum atomic E-state index is 13.6. The third-order valence-electron chi connectivity index (χ3n) is 4.14. The van der Waals surface area contributed by atoms with Crippen LogP contribution in [0.15, 0.2) is 29.3 Å². The van der Waals surface area contributed by atoms with Crippen molar-refractivity contribution in [1.29, 1.82) is 0 Å². The zero-order valence-electron chi connectivity index (χ0n) is 12.3. The number of nitrogens with zero attached hydrogens (tertiary/aromatic N) is 1. The average Bonchev–Trinajstić information content (AvgIpc) is 3.09. The Balaban J connectivity index is 1.63. The number of guanidine groups is 1. The van der Waals surface area contributed by atoms with Crippen molar-refractivity contribution >= 4 is 5.96 Å². The molecular weight excluding hydrogens is 269 g/mol. The molecule has 2 saturated heterocycles. The minimum atomic E-state index is -0.208. The summed E-state index contributed by atoms with van der Waals surface area (Å²) in [4.78, 5) is 4.49. The standard InChI is InChI=1S/C16H22FN3O/c1-2-18-16(19-10-11-5-3-4-6-13(11)17)20-14-9-12-7-8-15(14)21-12/h3-6,12,14-15H,2,7-10H2,1H3,(H2,18,19,20). The molecule has 2 N–H and O–H groups in total. The molecule has 2 fully saturated rings. The monoisotopic (exact) mass is 291 g/mol. The van der Waals surface area contributed by atoms with Crippen molar-refractivity contribution in [3.8, 4) is 0 Å². The first-order valence-corrected chi connectivity index (χ1v) is 7.70. The lowest BCUT2D eigenvalue weighted by Gasteiger charge is -2.22. The maximum absolute atomic E-state index is 13.6. The summed E-state index contributed by atoms with van der Waals surface area (Å²) < 4.78 is 19.5. The first-order chi connectivity index (χ1) is 10.3. The van der Waals surface area contributed by atoms with Crippen LogP contribution in [-0.4, -0.2) is 30.8 Å². The van der Waals surface area contributed by atoms with Crippen LogP contribution in [-0.2, 0) is 11.3 Å². The van der Waals surface area contributed by atoms with Crippen LogP contribution in [0.25, 0.3) is 0 Å². The van der Waals surface area contributed by atoms with E-state index in [-0.39, 0.29) is 5.82 Å². The summed E-state index contributed by atoms with van der Waals surface area (Å²) in [5.41, 5.74) is 0.610. The molecule has 0 saturated carbocycles.